The van der Waals surface area contributed by atoms with Crippen molar-refractivity contribution >= 4 is 44.4 Å². The molecule has 0 saturated carbocycles. The zero-order valence-electron chi connectivity index (χ0n) is 14.5. The van der Waals surface area contributed by atoms with Crippen molar-refractivity contribution in [1.82, 2.24) is 4.72 Å². The Morgan fingerprint density at radius 3 is 2.52 bits per heavy atom. The van der Waals surface area contributed by atoms with Crippen molar-refractivity contribution in [3.05, 3.63) is 29.8 Å². The Morgan fingerprint density at radius 1 is 1.32 bits per heavy atom. The van der Waals surface area contributed by atoms with E-state index < -0.39 is 10.0 Å². The summed E-state index contributed by atoms with van der Waals surface area (Å²) in [5.74, 6) is -0.352. The summed E-state index contributed by atoms with van der Waals surface area (Å²) in [7, 11) is -2.31. The van der Waals surface area contributed by atoms with Crippen molar-refractivity contribution in [2.24, 2.45) is 0 Å². The van der Waals surface area contributed by atoms with Crippen LogP contribution < -0.4 is 4.72 Å². The van der Waals surface area contributed by atoms with E-state index in [1.165, 1.54) is 18.9 Å². The number of esters is 1. The minimum Gasteiger partial charge on any atom is -0.479 e. The zero-order chi connectivity index (χ0) is 18.9. The first kappa shape index (κ1) is 21.9. The van der Waals surface area contributed by atoms with E-state index in [4.69, 9.17) is 17.0 Å². The number of aryl methyl sites for hydroxylation is 1. The number of nitrogens with one attached hydrogen (secondary N) is 1. The van der Waals surface area contributed by atoms with Crippen LogP contribution in [0.4, 0.5) is 0 Å². The summed E-state index contributed by atoms with van der Waals surface area (Å²) < 4.78 is 37.5. The summed E-state index contributed by atoms with van der Waals surface area (Å²) >= 11 is 6.34. The van der Waals surface area contributed by atoms with Gasteiger partial charge in [0.2, 0.25) is 14.4 Å². The number of benzene rings is 1. The fourth-order valence-corrected chi connectivity index (χ4v) is 4.45. The molecule has 6 nitrogen and oxygen atoms in total. The molecule has 1 rings (SSSR count). The summed E-state index contributed by atoms with van der Waals surface area (Å²) in [6.45, 7) is 4.27. The Hall–Kier alpha value is -1.16. The van der Waals surface area contributed by atoms with E-state index in [9.17, 15) is 13.2 Å². The Balaban J connectivity index is 2.73. The van der Waals surface area contributed by atoms with E-state index in [2.05, 4.69) is 9.46 Å². The van der Waals surface area contributed by atoms with Gasteiger partial charge >= 0.3 is 5.97 Å². The van der Waals surface area contributed by atoms with Crippen LogP contribution in [0.1, 0.15) is 25.3 Å². The molecule has 9 heteroatoms. The van der Waals surface area contributed by atoms with Crippen LogP contribution in [-0.2, 0) is 24.3 Å². The zero-order valence-corrected chi connectivity index (χ0v) is 16.9. The maximum absolute atomic E-state index is 12.4. The number of thioether (sulfide) groups is 1. The highest BCUT2D eigenvalue weighted by Crippen LogP contribution is 2.20. The molecule has 1 atom stereocenters. The van der Waals surface area contributed by atoms with Gasteiger partial charge in [-0.05, 0) is 44.6 Å². The van der Waals surface area contributed by atoms with Crippen LogP contribution in [0.2, 0.25) is 0 Å². The van der Waals surface area contributed by atoms with Gasteiger partial charge in [0.1, 0.15) is 0 Å². The third kappa shape index (κ3) is 8.17. The number of hydrogen-bond donors (Lipinski definition) is 1. The van der Waals surface area contributed by atoms with Crippen molar-refractivity contribution in [1.29, 1.82) is 0 Å². The van der Waals surface area contributed by atoms with E-state index >= 15 is 0 Å². The van der Waals surface area contributed by atoms with Gasteiger partial charge in [0.25, 0.3) is 0 Å². The molecule has 0 aromatic heterocycles. The van der Waals surface area contributed by atoms with Gasteiger partial charge in [-0.1, -0.05) is 29.5 Å². The monoisotopic (exact) mass is 405 g/mol. The predicted molar refractivity (Wildman–Crippen MR) is 103 cm³/mol. The van der Waals surface area contributed by atoms with Crippen LogP contribution in [0.5, 0.6) is 0 Å². The Kier molecular flexibility index (Phi) is 9.41. The highest BCUT2D eigenvalue weighted by molar-refractivity contribution is 8.23. The van der Waals surface area contributed by atoms with Crippen LogP contribution in [0, 0.1) is 6.92 Å². The van der Waals surface area contributed by atoms with Gasteiger partial charge in [-0.25, -0.2) is 13.1 Å². The smallest absolute Gasteiger partial charge is 0.305 e. The first-order valence-corrected chi connectivity index (χ1v) is 10.5. The minimum absolute atomic E-state index is 0.130. The second-order valence-corrected chi connectivity index (χ2v) is 8.87. The van der Waals surface area contributed by atoms with Crippen LogP contribution in [0.25, 0.3) is 0 Å². The van der Waals surface area contributed by atoms with Gasteiger partial charge in [-0.15, -0.1) is 0 Å². The normalized spacial score (nSPS) is 12.4. The second kappa shape index (κ2) is 10.7. The van der Waals surface area contributed by atoms with E-state index in [0.717, 1.165) is 5.56 Å². The molecule has 0 aliphatic rings. The van der Waals surface area contributed by atoms with E-state index in [-0.39, 0.29) is 29.1 Å². The fourth-order valence-electron chi connectivity index (χ4n) is 1.87. The van der Waals surface area contributed by atoms with Gasteiger partial charge in [0.15, 0.2) is 0 Å². The van der Waals surface area contributed by atoms with Crippen molar-refractivity contribution in [3.63, 3.8) is 0 Å². The third-order valence-corrected chi connectivity index (χ3v) is 6.15. The summed E-state index contributed by atoms with van der Waals surface area (Å²) in [5.41, 5.74) is 0.979. The molecule has 1 aromatic rings. The number of ether oxygens (including phenoxy) is 2. The van der Waals surface area contributed by atoms with Crippen LogP contribution in [0.3, 0.4) is 0 Å². The quantitative estimate of drug-likeness (QED) is 0.499. The average molecular weight is 406 g/mol. The molecule has 0 spiro atoms. The fraction of sp³-hybridized carbons (Fsp3) is 0.500. The Labute approximate surface area is 158 Å². The number of methoxy groups -OCH3 is 1. The van der Waals surface area contributed by atoms with Gasteiger partial charge in [0, 0.05) is 18.2 Å². The molecule has 1 N–H and O–H groups in total. The number of carbonyl (C=O) groups is 1. The number of carbonyl (C=O) groups excluding carboxylic acids is 1. The van der Waals surface area contributed by atoms with Crippen molar-refractivity contribution < 1.29 is 22.7 Å². The summed E-state index contributed by atoms with van der Waals surface area (Å²) in [4.78, 5) is 11.5. The lowest BCUT2D eigenvalue weighted by Crippen LogP contribution is -2.32. The molecule has 0 aliphatic heterocycles. The highest BCUT2D eigenvalue weighted by Gasteiger charge is 2.20. The van der Waals surface area contributed by atoms with Gasteiger partial charge in [-0.2, -0.15) is 0 Å². The lowest BCUT2D eigenvalue weighted by atomic mass is 10.2. The predicted octanol–water partition coefficient (Wildman–Crippen LogP) is 2.65. The maximum Gasteiger partial charge on any atom is 0.305 e. The number of thiocarbonyl (C=S) groups is 1. The van der Waals surface area contributed by atoms with Crippen LogP contribution >= 0.6 is 24.0 Å². The Bertz CT molecular complexity index is 674. The first-order valence-electron chi connectivity index (χ1n) is 7.75. The van der Waals surface area contributed by atoms with E-state index in [1.54, 1.807) is 24.3 Å². The topological polar surface area (TPSA) is 81.7 Å². The second-order valence-electron chi connectivity index (χ2n) is 5.20. The molecule has 1 aromatic carbocycles. The van der Waals surface area contributed by atoms with Crippen LogP contribution in [0.15, 0.2) is 29.2 Å². The molecule has 1 unspecified atom stereocenters. The third-order valence-electron chi connectivity index (χ3n) is 3.26. The Morgan fingerprint density at radius 2 is 1.96 bits per heavy atom. The minimum atomic E-state index is -3.63. The molecular weight excluding hydrogens is 382 g/mol. The molecule has 140 valence electrons. The van der Waals surface area contributed by atoms with Gasteiger partial charge in [0.05, 0.1) is 18.6 Å². The largest absolute Gasteiger partial charge is 0.479 e. The van der Waals surface area contributed by atoms with Crippen LogP contribution in [-0.4, -0.2) is 44.3 Å². The number of hydrogen-bond acceptors (Lipinski definition) is 7. The van der Waals surface area contributed by atoms with Crippen molar-refractivity contribution in [2.45, 2.75) is 36.8 Å². The molecule has 0 bridgehead atoms. The van der Waals surface area contributed by atoms with Gasteiger partial charge < -0.3 is 9.47 Å². The highest BCUT2D eigenvalue weighted by atomic mass is 32.2. The van der Waals surface area contributed by atoms with Crippen molar-refractivity contribution in [2.75, 3.05) is 20.3 Å². The first-order chi connectivity index (χ1) is 11.8. The molecule has 0 aliphatic carbocycles. The molecule has 25 heavy (non-hydrogen) atoms. The average Bonchev–Trinajstić information content (AvgIpc) is 2.57. The maximum atomic E-state index is 12.4. The molecule has 0 amide bonds. The van der Waals surface area contributed by atoms with Gasteiger partial charge in [-0.3, -0.25) is 4.79 Å². The number of sulfonamides is 1. The molecule has 0 fully saturated rings. The van der Waals surface area contributed by atoms with E-state index in [1.807, 2.05) is 13.8 Å². The summed E-state index contributed by atoms with van der Waals surface area (Å²) in [6, 6.07) is 6.59. The lowest BCUT2D eigenvalue weighted by Gasteiger charge is -2.17. The number of rotatable bonds is 9. The molecule has 0 saturated heterocycles. The molecule has 0 heterocycles. The molecule has 0 radical (unpaired) electrons. The SMILES string of the molecule is CCOC(=S)SC(CCC(=O)OC)CNS(=O)(=O)c1ccc(C)cc1. The summed E-state index contributed by atoms with van der Waals surface area (Å²) in [5, 5.41) is -0.238. The summed E-state index contributed by atoms with van der Waals surface area (Å²) in [6.07, 6.45) is 0.593. The van der Waals surface area contributed by atoms with Crippen molar-refractivity contribution in [3.8, 4) is 0 Å². The standard InChI is InChI=1S/C16H23NO5S3/c1-4-22-16(23)24-13(7-10-15(18)21-3)11-17-25(19,20)14-8-5-12(2)6-9-14/h5-6,8-9,13,17H,4,7,10-11H2,1-3H3. The van der Waals surface area contributed by atoms with E-state index in [0.29, 0.717) is 17.4 Å². The lowest BCUT2D eigenvalue weighted by molar-refractivity contribution is -0.140. The molecular formula is C16H23NO5S3.